The first-order valence-electron chi connectivity index (χ1n) is 7.22. The first-order valence-corrected chi connectivity index (χ1v) is 7.22. The van der Waals surface area contributed by atoms with Crippen molar-refractivity contribution >= 4 is 11.7 Å². The minimum Gasteiger partial charge on any atom is -0.353 e. The van der Waals surface area contributed by atoms with Crippen molar-refractivity contribution in [2.24, 2.45) is 0 Å². The van der Waals surface area contributed by atoms with Crippen molar-refractivity contribution in [2.75, 3.05) is 37.6 Å². The molecule has 1 unspecified atom stereocenters. The van der Waals surface area contributed by atoms with E-state index >= 15 is 0 Å². The van der Waals surface area contributed by atoms with Crippen molar-refractivity contribution in [3.63, 3.8) is 0 Å². The predicted molar refractivity (Wildman–Crippen MR) is 84.0 cm³/mol. The van der Waals surface area contributed by atoms with Gasteiger partial charge in [-0.25, -0.2) is 4.98 Å². The van der Waals surface area contributed by atoms with Crippen LogP contribution in [0.25, 0.3) is 0 Å². The summed E-state index contributed by atoms with van der Waals surface area (Å²) in [5, 5.41) is 11.9. The normalized spacial score (nSPS) is 16.4. The van der Waals surface area contributed by atoms with E-state index < -0.39 is 0 Å². The van der Waals surface area contributed by atoms with Crippen molar-refractivity contribution in [3.05, 3.63) is 23.9 Å². The van der Waals surface area contributed by atoms with Crippen LogP contribution in [0.4, 0.5) is 5.82 Å². The highest BCUT2D eigenvalue weighted by molar-refractivity contribution is 5.81. The van der Waals surface area contributed by atoms with Gasteiger partial charge in [-0.3, -0.25) is 9.69 Å². The Labute approximate surface area is 130 Å². The first kappa shape index (κ1) is 15.8. The summed E-state index contributed by atoms with van der Waals surface area (Å²) in [6, 6.07) is 5.48. The molecule has 1 saturated heterocycles. The molecule has 1 amide bonds. The number of piperazine rings is 1. The van der Waals surface area contributed by atoms with Gasteiger partial charge in [-0.05, 0) is 19.1 Å². The van der Waals surface area contributed by atoms with E-state index in [0.29, 0.717) is 11.4 Å². The maximum atomic E-state index is 11.9. The fourth-order valence-corrected chi connectivity index (χ4v) is 2.51. The zero-order chi connectivity index (χ0) is 15.9. The van der Waals surface area contributed by atoms with Crippen molar-refractivity contribution < 1.29 is 4.79 Å². The van der Waals surface area contributed by atoms with Gasteiger partial charge in [0.05, 0.1) is 18.2 Å². The number of aromatic nitrogens is 1. The lowest BCUT2D eigenvalue weighted by Crippen LogP contribution is -2.54. The number of nitrogens with zero attached hydrogens (tertiary/aromatic N) is 4. The molecule has 1 fully saturated rings. The van der Waals surface area contributed by atoms with Crippen LogP contribution in [0.5, 0.6) is 0 Å². The topological polar surface area (TPSA) is 72.3 Å². The standard InChI is InChI=1S/C16H19N5O/c1-3-6-19-16(22)13(2)20-8-10-21(11-9-20)15-14(12-17)5-4-7-18-15/h1,4-5,7,13H,6,8-11H2,2H3,(H,19,22). The summed E-state index contributed by atoms with van der Waals surface area (Å²) >= 11 is 0. The molecule has 6 nitrogen and oxygen atoms in total. The number of hydrogen-bond donors (Lipinski definition) is 1. The van der Waals surface area contributed by atoms with Crippen LogP contribution < -0.4 is 10.2 Å². The van der Waals surface area contributed by atoms with Crippen molar-refractivity contribution in [1.82, 2.24) is 15.2 Å². The van der Waals surface area contributed by atoms with Gasteiger partial charge < -0.3 is 10.2 Å². The van der Waals surface area contributed by atoms with Gasteiger partial charge in [-0.1, -0.05) is 5.92 Å². The van der Waals surface area contributed by atoms with Crippen LogP contribution in [0.1, 0.15) is 12.5 Å². The third-order valence-electron chi connectivity index (χ3n) is 3.81. The SMILES string of the molecule is C#CCNC(=O)C(C)N1CCN(c2ncccc2C#N)CC1. The van der Waals surface area contributed by atoms with Crippen LogP contribution in [0.2, 0.25) is 0 Å². The summed E-state index contributed by atoms with van der Waals surface area (Å²) in [6.45, 7) is 5.08. The molecule has 2 heterocycles. The quantitative estimate of drug-likeness (QED) is 0.805. The van der Waals surface area contributed by atoms with E-state index in [1.165, 1.54) is 0 Å². The maximum absolute atomic E-state index is 11.9. The van der Waals surface area contributed by atoms with Gasteiger partial charge in [0.15, 0.2) is 0 Å². The van der Waals surface area contributed by atoms with Crippen LogP contribution in [0.3, 0.4) is 0 Å². The largest absolute Gasteiger partial charge is 0.353 e. The Hall–Kier alpha value is -2.57. The molecule has 0 bridgehead atoms. The molecule has 1 N–H and O–H groups in total. The van der Waals surface area contributed by atoms with Gasteiger partial charge in [-0.15, -0.1) is 6.42 Å². The Morgan fingerprint density at radius 2 is 2.23 bits per heavy atom. The Balaban J connectivity index is 1.95. The van der Waals surface area contributed by atoms with E-state index in [-0.39, 0.29) is 18.5 Å². The average Bonchev–Trinajstić information content (AvgIpc) is 2.59. The van der Waals surface area contributed by atoms with Crippen molar-refractivity contribution in [3.8, 4) is 18.4 Å². The molecule has 1 aliphatic rings. The number of carbonyl (C=O) groups is 1. The van der Waals surface area contributed by atoms with Crippen molar-refractivity contribution in [2.45, 2.75) is 13.0 Å². The zero-order valence-electron chi connectivity index (χ0n) is 12.6. The van der Waals surface area contributed by atoms with E-state index in [1.807, 2.05) is 6.92 Å². The monoisotopic (exact) mass is 297 g/mol. The second-order valence-electron chi connectivity index (χ2n) is 5.11. The number of amides is 1. The lowest BCUT2D eigenvalue weighted by Gasteiger charge is -2.38. The number of nitrogens with one attached hydrogen (secondary N) is 1. The number of nitriles is 1. The lowest BCUT2D eigenvalue weighted by molar-refractivity contribution is -0.125. The van der Waals surface area contributed by atoms with Gasteiger partial charge >= 0.3 is 0 Å². The molecule has 0 aromatic carbocycles. The lowest BCUT2D eigenvalue weighted by atomic mass is 10.2. The highest BCUT2D eigenvalue weighted by Gasteiger charge is 2.26. The molecular weight excluding hydrogens is 278 g/mol. The van der Waals surface area contributed by atoms with Gasteiger partial charge in [0.2, 0.25) is 5.91 Å². The summed E-state index contributed by atoms with van der Waals surface area (Å²) in [5.41, 5.74) is 0.579. The molecule has 0 aliphatic carbocycles. The Kier molecular flexibility index (Phi) is 5.35. The van der Waals surface area contributed by atoms with E-state index in [0.717, 1.165) is 26.2 Å². The highest BCUT2D eigenvalue weighted by Crippen LogP contribution is 2.18. The van der Waals surface area contributed by atoms with Gasteiger partial charge in [0.25, 0.3) is 0 Å². The van der Waals surface area contributed by atoms with Crippen LogP contribution in [0, 0.1) is 23.7 Å². The number of anilines is 1. The third-order valence-corrected chi connectivity index (χ3v) is 3.81. The maximum Gasteiger partial charge on any atom is 0.237 e. The summed E-state index contributed by atoms with van der Waals surface area (Å²) in [6.07, 6.45) is 6.84. The molecule has 0 saturated carbocycles. The summed E-state index contributed by atoms with van der Waals surface area (Å²) in [5.74, 6) is 3.06. The van der Waals surface area contributed by atoms with Crippen LogP contribution in [-0.2, 0) is 4.79 Å². The second-order valence-corrected chi connectivity index (χ2v) is 5.11. The van der Waals surface area contributed by atoms with Crippen LogP contribution >= 0.6 is 0 Å². The first-order chi connectivity index (χ1) is 10.7. The molecule has 114 valence electrons. The van der Waals surface area contributed by atoms with E-state index in [1.54, 1.807) is 18.3 Å². The minimum atomic E-state index is -0.213. The fraction of sp³-hybridized carbons (Fsp3) is 0.438. The molecule has 2 rings (SSSR count). The van der Waals surface area contributed by atoms with E-state index in [4.69, 9.17) is 11.7 Å². The van der Waals surface area contributed by atoms with Gasteiger partial charge in [0, 0.05) is 32.4 Å². The van der Waals surface area contributed by atoms with E-state index in [2.05, 4.69) is 32.1 Å². The molecule has 1 aliphatic heterocycles. The number of rotatable bonds is 4. The smallest absolute Gasteiger partial charge is 0.237 e. The Bertz CT molecular complexity index is 608. The van der Waals surface area contributed by atoms with Gasteiger partial charge in [-0.2, -0.15) is 5.26 Å². The number of terminal acetylenes is 1. The molecule has 1 aromatic heterocycles. The Morgan fingerprint density at radius 1 is 1.50 bits per heavy atom. The summed E-state index contributed by atoms with van der Waals surface area (Å²) in [4.78, 5) is 20.4. The average molecular weight is 297 g/mol. The zero-order valence-corrected chi connectivity index (χ0v) is 12.6. The van der Waals surface area contributed by atoms with Crippen LogP contribution in [0.15, 0.2) is 18.3 Å². The van der Waals surface area contributed by atoms with Crippen LogP contribution in [-0.4, -0.2) is 54.6 Å². The van der Waals surface area contributed by atoms with E-state index in [9.17, 15) is 4.79 Å². The molecule has 6 heteroatoms. The second kappa shape index (κ2) is 7.44. The summed E-state index contributed by atoms with van der Waals surface area (Å²) in [7, 11) is 0. The van der Waals surface area contributed by atoms with Crippen molar-refractivity contribution in [1.29, 1.82) is 5.26 Å². The highest BCUT2D eigenvalue weighted by atomic mass is 16.2. The number of carbonyl (C=O) groups excluding carboxylic acids is 1. The van der Waals surface area contributed by atoms with Gasteiger partial charge in [0.1, 0.15) is 11.9 Å². The third kappa shape index (κ3) is 3.55. The predicted octanol–water partition coefficient (Wildman–Crippen LogP) is 0.213. The molecule has 1 aromatic rings. The molecule has 0 spiro atoms. The minimum absolute atomic E-state index is 0.0537. The Morgan fingerprint density at radius 3 is 2.86 bits per heavy atom. The molecule has 1 atom stereocenters. The summed E-state index contributed by atoms with van der Waals surface area (Å²) < 4.78 is 0. The number of hydrogen-bond acceptors (Lipinski definition) is 5. The fourth-order valence-electron chi connectivity index (χ4n) is 2.51. The molecule has 22 heavy (non-hydrogen) atoms. The molecular formula is C16H19N5O. The number of pyridine rings is 1. The molecule has 0 radical (unpaired) electrons.